The van der Waals surface area contributed by atoms with Crippen LogP contribution < -0.4 is 5.32 Å². The summed E-state index contributed by atoms with van der Waals surface area (Å²) in [4.78, 5) is 2.66. The molecule has 1 saturated heterocycles. The Labute approximate surface area is 124 Å². The van der Waals surface area contributed by atoms with E-state index in [4.69, 9.17) is 0 Å². The number of piperidine rings is 1. The first-order valence-electron chi connectivity index (χ1n) is 8.07. The number of aryl methyl sites for hydroxylation is 2. The molecular weight excluding hydrogens is 244 g/mol. The predicted molar refractivity (Wildman–Crippen MR) is 87.1 cm³/mol. The van der Waals surface area contributed by atoms with Crippen LogP contribution in [0.15, 0.2) is 18.2 Å². The summed E-state index contributed by atoms with van der Waals surface area (Å²) in [5.41, 5.74) is 4.39. The van der Waals surface area contributed by atoms with Crippen LogP contribution in [-0.2, 0) is 6.54 Å². The zero-order valence-electron chi connectivity index (χ0n) is 13.6. The molecule has 1 N–H and O–H groups in total. The molecule has 0 bridgehead atoms. The lowest BCUT2D eigenvalue weighted by molar-refractivity contribution is 0.161. The number of hydrogen-bond donors (Lipinski definition) is 1. The average molecular weight is 274 g/mol. The number of nitrogens with zero attached hydrogens (tertiary/aromatic N) is 1. The molecule has 1 heterocycles. The van der Waals surface area contributed by atoms with Gasteiger partial charge in [0.15, 0.2) is 0 Å². The highest BCUT2D eigenvalue weighted by Crippen LogP contribution is 2.20. The highest BCUT2D eigenvalue weighted by atomic mass is 15.1. The number of rotatable bonds is 5. The Morgan fingerprint density at radius 1 is 1.15 bits per heavy atom. The summed E-state index contributed by atoms with van der Waals surface area (Å²) in [7, 11) is 0. The van der Waals surface area contributed by atoms with Crippen molar-refractivity contribution in [2.75, 3.05) is 19.6 Å². The Balaban J connectivity index is 2.05. The van der Waals surface area contributed by atoms with Gasteiger partial charge in [-0.05, 0) is 76.2 Å². The fourth-order valence-corrected chi connectivity index (χ4v) is 3.16. The molecule has 0 atom stereocenters. The average Bonchev–Trinajstić information content (AvgIpc) is 2.42. The normalized spacial score (nSPS) is 17.1. The van der Waals surface area contributed by atoms with Crippen LogP contribution >= 0.6 is 0 Å². The van der Waals surface area contributed by atoms with Crippen LogP contribution in [0, 0.1) is 19.8 Å². The van der Waals surface area contributed by atoms with Crippen LogP contribution in [0.1, 0.15) is 43.4 Å². The van der Waals surface area contributed by atoms with Crippen LogP contribution in [0.5, 0.6) is 0 Å². The van der Waals surface area contributed by atoms with Gasteiger partial charge in [-0.2, -0.15) is 0 Å². The van der Waals surface area contributed by atoms with E-state index >= 15 is 0 Å². The fourth-order valence-electron chi connectivity index (χ4n) is 3.16. The number of nitrogens with one attached hydrogen (secondary N) is 1. The molecule has 0 radical (unpaired) electrons. The molecule has 1 aliphatic rings. The van der Waals surface area contributed by atoms with Crippen LogP contribution in [0.2, 0.25) is 0 Å². The third kappa shape index (κ3) is 4.07. The van der Waals surface area contributed by atoms with Gasteiger partial charge in [0.1, 0.15) is 0 Å². The molecule has 2 rings (SSSR count). The highest BCUT2D eigenvalue weighted by Gasteiger charge is 2.20. The maximum absolute atomic E-state index is 3.47. The molecule has 0 amide bonds. The minimum atomic E-state index is 0.615. The molecule has 1 aliphatic heterocycles. The van der Waals surface area contributed by atoms with Crippen LogP contribution in [0.4, 0.5) is 0 Å². The summed E-state index contributed by atoms with van der Waals surface area (Å²) >= 11 is 0. The van der Waals surface area contributed by atoms with E-state index in [0.717, 1.165) is 12.5 Å². The second kappa shape index (κ2) is 7.24. The van der Waals surface area contributed by atoms with Crippen molar-refractivity contribution in [2.24, 2.45) is 5.92 Å². The second-order valence-electron chi connectivity index (χ2n) is 6.59. The third-order valence-corrected chi connectivity index (χ3v) is 4.69. The summed E-state index contributed by atoms with van der Waals surface area (Å²) in [5.74, 6) is 0.864. The Kier molecular flexibility index (Phi) is 5.62. The first-order chi connectivity index (χ1) is 9.58. The fraction of sp³-hybridized carbons (Fsp3) is 0.667. The Morgan fingerprint density at radius 3 is 2.30 bits per heavy atom. The molecule has 1 fully saturated rings. The summed E-state index contributed by atoms with van der Waals surface area (Å²) in [6, 6.07) is 7.26. The van der Waals surface area contributed by atoms with Crippen molar-refractivity contribution in [3.05, 3.63) is 34.9 Å². The molecule has 0 saturated carbocycles. The molecule has 0 unspecified atom stereocenters. The third-order valence-electron chi connectivity index (χ3n) is 4.69. The molecular formula is C18H30N2. The van der Waals surface area contributed by atoms with E-state index < -0.39 is 0 Å². The van der Waals surface area contributed by atoms with Crippen LogP contribution in [-0.4, -0.2) is 30.6 Å². The van der Waals surface area contributed by atoms with Crippen molar-refractivity contribution in [3.63, 3.8) is 0 Å². The molecule has 0 aromatic heterocycles. The second-order valence-corrected chi connectivity index (χ2v) is 6.59. The molecule has 1 aromatic carbocycles. The van der Waals surface area contributed by atoms with E-state index in [-0.39, 0.29) is 0 Å². The Bertz CT molecular complexity index is 399. The van der Waals surface area contributed by atoms with Crippen molar-refractivity contribution in [2.45, 2.75) is 53.1 Å². The summed E-state index contributed by atoms with van der Waals surface area (Å²) in [5, 5.41) is 3.47. The van der Waals surface area contributed by atoms with Gasteiger partial charge in [-0.25, -0.2) is 0 Å². The Morgan fingerprint density at radius 2 is 1.75 bits per heavy atom. The highest BCUT2D eigenvalue weighted by molar-refractivity contribution is 5.33. The molecule has 0 spiro atoms. The van der Waals surface area contributed by atoms with Gasteiger partial charge >= 0.3 is 0 Å². The predicted octanol–water partition coefficient (Wildman–Crippen LogP) is 3.51. The SMILES string of the molecule is Cc1cccc(C)c1CN(CC1CCNCC1)C(C)C. The number of hydrogen-bond acceptors (Lipinski definition) is 2. The number of benzene rings is 1. The Hall–Kier alpha value is -0.860. The standard InChI is InChI=1S/C18H30N2/c1-14(2)20(12-17-8-10-19-11-9-17)13-18-15(3)6-5-7-16(18)4/h5-7,14,17,19H,8-13H2,1-4H3. The smallest absolute Gasteiger partial charge is 0.0241 e. The van der Waals surface area contributed by atoms with Gasteiger partial charge in [0.2, 0.25) is 0 Å². The van der Waals surface area contributed by atoms with Crippen LogP contribution in [0.3, 0.4) is 0 Å². The van der Waals surface area contributed by atoms with Crippen molar-refractivity contribution in [1.29, 1.82) is 0 Å². The van der Waals surface area contributed by atoms with Gasteiger partial charge < -0.3 is 5.32 Å². The van der Waals surface area contributed by atoms with Gasteiger partial charge in [-0.1, -0.05) is 18.2 Å². The summed E-state index contributed by atoms with van der Waals surface area (Å²) in [6.07, 6.45) is 2.66. The molecule has 1 aromatic rings. The maximum Gasteiger partial charge on any atom is 0.0241 e. The van der Waals surface area contributed by atoms with Crippen molar-refractivity contribution in [1.82, 2.24) is 10.2 Å². The van der Waals surface area contributed by atoms with Crippen molar-refractivity contribution in [3.8, 4) is 0 Å². The van der Waals surface area contributed by atoms with Gasteiger partial charge in [0.05, 0.1) is 0 Å². The molecule has 2 heteroatoms. The summed E-state index contributed by atoms with van der Waals surface area (Å²) < 4.78 is 0. The monoisotopic (exact) mass is 274 g/mol. The molecule has 20 heavy (non-hydrogen) atoms. The first-order valence-corrected chi connectivity index (χ1v) is 8.07. The van der Waals surface area contributed by atoms with E-state index in [2.05, 4.69) is 56.1 Å². The zero-order valence-corrected chi connectivity index (χ0v) is 13.6. The largest absolute Gasteiger partial charge is 0.317 e. The van der Waals surface area contributed by atoms with E-state index in [0.29, 0.717) is 6.04 Å². The van der Waals surface area contributed by atoms with Gasteiger partial charge in [0.25, 0.3) is 0 Å². The van der Waals surface area contributed by atoms with Crippen molar-refractivity contribution >= 4 is 0 Å². The lowest BCUT2D eigenvalue weighted by Crippen LogP contribution is -2.39. The summed E-state index contributed by atoms with van der Waals surface area (Å²) in [6.45, 7) is 13.9. The van der Waals surface area contributed by atoms with E-state index in [1.807, 2.05) is 0 Å². The zero-order chi connectivity index (χ0) is 14.5. The molecule has 112 valence electrons. The van der Waals surface area contributed by atoms with E-state index in [1.54, 1.807) is 0 Å². The molecule has 0 aliphatic carbocycles. The maximum atomic E-state index is 3.47. The van der Waals surface area contributed by atoms with Crippen molar-refractivity contribution < 1.29 is 0 Å². The van der Waals surface area contributed by atoms with E-state index in [9.17, 15) is 0 Å². The van der Waals surface area contributed by atoms with Gasteiger partial charge in [-0.15, -0.1) is 0 Å². The topological polar surface area (TPSA) is 15.3 Å². The minimum absolute atomic E-state index is 0.615. The molecule has 2 nitrogen and oxygen atoms in total. The first kappa shape index (κ1) is 15.5. The quantitative estimate of drug-likeness (QED) is 0.884. The lowest BCUT2D eigenvalue weighted by Gasteiger charge is -2.33. The van der Waals surface area contributed by atoms with Crippen LogP contribution in [0.25, 0.3) is 0 Å². The minimum Gasteiger partial charge on any atom is -0.317 e. The van der Waals surface area contributed by atoms with E-state index in [1.165, 1.54) is 49.2 Å². The van der Waals surface area contributed by atoms with Gasteiger partial charge in [0, 0.05) is 19.1 Å². The van der Waals surface area contributed by atoms with Gasteiger partial charge in [-0.3, -0.25) is 4.90 Å². The lowest BCUT2D eigenvalue weighted by atomic mass is 9.96.